The first-order valence-corrected chi connectivity index (χ1v) is 8.77. The van der Waals surface area contributed by atoms with Crippen molar-refractivity contribution in [2.75, 3.05) is 13.7 Å². The molecule has 0 spiro atoms. The normalized spacial score (nSPS) is 13.3. The summed E-state index contributed by atoms with van der Waals surface area (Å²) in [6, 6.07) is 15.7. The van der Waals surface area contributed by atoms with Gasteiger partial charge in [0.2, 0.25) is 0 Å². The van der Waals surface area contributed by atoms with Gasteiger partial charge in [-0.3, -0.25) is 4.79 Å². The van der Waals surface area contributed by atoms with Gasteiger partial charge in [0, 0.05) is 25.3 Å². The number of carbonyl (C=O) groups excluding carboxylic acids is 1. The molecule has 4 nitrogen and oxygen atoms in total. The summed E-state index contributed by atoms with van der Waals surface area (Å²) in [5.74, 6) is 0.291. The van der Waals surface area contributed by atoms with E-state index in [-0.39, 0.29) is 11.9 Å². The minimum atomic E-state index is -0.0877. The van der Waals surface area contributed by atoms with Crippen molar-refractivity contribution < 1.29 is 9.53 Å². The monoisotopic (exact) mass is 340 g/mol. The van der Waals surface area contributed by atoms with Gasteiger partial charge in [-0.05, 0) is 28.7 Å². The number of methoxy groups -OCH3 is 1. The maximum absolute atomic E-state index is 12.6. The largest absolute Gasteiger partial charge is 0.380 e. The summed E-state index contributed by atoms with van der Waals surface area (Å²) in [6.45, 7) is 5.27. The second kappa shape index (κ2) is 9.35. The molecule has 0 saturated heterocycles. The smallest absolute Gasteiger partial charge is 0.251 e. The van der Waals surface area contributed by atoms with Crippen LogP contribution in [0.3, 0.4) is 0 Å². The lowest BCUT2D eigenvalue weighted by Gasteiger charge is -2.19. The summed E-state index contributed by atoms with van der Waals surface area (Å²) in [5, 5.41) is 2.97. The average Bonchev–Trinajstić information content (AvgIpc) is 2.66. The van der Waals surface area contributed by atoms with Crippen LogP contribution in [0.5, 0.6) is 0 Å². The van der Waals surface area contributed by atoms with Crippen LogP contribution in [-0.2, 0) is 11.3 Å². The molecule has 2 atom stereocenters. The third-order valence-corrected chi connectivity index (χ3v) is 4.62. The molecule has 134 valence electrons. The fraction of sp³-hybridized carbons (Fsp3) is 0.381. The number of hydrogen-bond donors (Lipinski definition) is 2. The van der Waals surface area contributed by atoms with E-state index < -0.39 is 0 Å². The molecule has 4 heteroatoms. The standard InChI is InChI=1S/C21H28N2O2/c1-4-15(2)20(22)13-23-21(24)19-8-6-5-7-18(19)17-11-9-16(10-12-17)14-25-3/h5-12,15,20H,4,13-14,22H2,1-3H3,(H,23,24)/t15-,20+/m0/s1. The van der Waals surface area contributed by atoms with Gasteiger partial charge in [-0.15, -0.1) is 0 Å². The van der Waals surface area contributed by atoms with Crippen molar-refractivity contribution in [2.24, 2.45) is 11.7 Å². The first-order chi connectivity index (χ1) is 12.1. The number of hydrogen-bond acceptors (Lipinski definition) is 3. The van der Waals surface area contributed by atoms with Crippen LogP contribution >= 0.6 is 0 Å². The molecule has 3 N–H and O–H groups in total. The van der Waals surface area contributed by atoms with E-state index in [0.29, 0.717) is 24.6 Å². The molecular formula is C21H28N2O2. The van der Waals surface area contributed by atoms with Gasteiger partial charge in [-0.1, -0.05) is 62.7 Å². The minimum absolute atomic E-state index is 0.0329. The summed E-state index contributed by atoms with van der Waals surface area (Å²) in [5.41, 5.74) is 9.82. The highest BCUT2D eigenvalue weighted by molar-refractivity contribution is 6.00. The summed E-state index contributed by atoms with van der Waals surface area (Å²) in [7, 11) is 1.68. The van der Waals surface area contributed by atoms with E-state index in [1.807, 2.05) is 48.5 Å². The molecule has 0 aliphatic rings. The molecule has 0 aliphatic carbocycles. The number of ether oxygens (including phenoxy) is 1. The Hall–Kier alpha value is -2.17. The van der Waals surface area contributed by atoms with Crippen LogP contribution in [-0.4, -0.2) is 25.6 Å². The molecule has 1 amide bonds. The van der Waals surface area contributed by atoms with E-state index in [0.717, 1.165) is 23.1 Å². The molecule has 0 aromatic heterocycles. The highest BCUT2D eigenvalue weighted by Gasteiger charge is 2.15. The molecule has 0 bridgehead atoms. The van der Waals surface area contributed by atoms with Crippen molar-refractivity contribution in [1.29, 1.82) is 0 Å². The van der Waals surface area contributed by atoms with Crippen LogP contribution in [0.1, 0.15) is 36.2 Å². The Kier molecular flexibility index (Phi) is 7.16. The molecule has 0 heterocycles. The second-order valence-electron chi connectivity index (χ2n) is 6.43. The number of nitrogens with two attached hydrogens (primary N) is 1. The van der Waals surface area contributed by atoms with Crippen molar-refractivity contribution >= 4 is 5.91 Å². The van der Waals surface area contributed by atoms with Crippen LogP contribution in [0.15, 0.2) is 48.5 Å². The predicted octanol–water partition coefficient (Wildman–Crippen LogP) is 3.60. The lowest BCUT2D eigenvalue weighted by molar-refractivity contribution is 0.0949. The van der Waals surface area contributed by atoms with Crippen molar-refractivity contribution in [3.05, 3.63) is 59.7 Å². The van der Waals surface area contributed by atoms with E-state index in [2.05, 4.69) is 19.2 Å². The molecule has 0 fully saturated rings. The maximum atomic E-state index is 12.6. The predicted molar refractivity (Wildman–Crippen MR) is 102 cm³/mol. The zero-order valence-corrected chi connectivity index (χ0v) is 15.3. The Balaban J connectivity index is 2.15. The van der Waals surface area contributed by atoms with E-state index in [4.69, 9.17) is 10.5 Å². The van der Waals surface area contributed by atoms with Crippen LogP contribution < -0.4 is 11.1 Å². The number of amides is 1. The lowest BCUT2D eigenvalue weighted by Crippen LogP contribution is -2.41. The number of carbonyl (C=O) groups is 1. The summed E-state index contributed by atoms with van der Waals surface area (Å²) < 4.78 is 5.14. The van der Waals surface area contributed by atoms with E-state index in [1.54, 1.807) is 7.11 Å². The van der Waals surface area contributed by atoms with E-state index >= 15 is 0 Å². The van der Waals surface area contributed by atoms with Gasteiger partial charge >= 0.3 is 0 Å². The molecular weight excluding hydrogens is 312 g/mol. The van der Waals surface area contributed by atoms with Gasteiger partial charge < -0.3 is 15.8 Å². The van der Waals surface area contributed by atoms with Crippen molar-refractivity contribution in [3.63, 3.8) is 0 Å². The molecule has 0 saturated carbocycles. The van der Waals surface area contributed by atoms with Gasteiger partial charge in [-0.2, -0.15) is 0 Å². The zero-order valence-electron chi connectivity index (χ0n) is 15.3. The summed E-state index contributed by atoms with van der Waals surface area (Å²) in [6.07, 6.45) is 1.00. The average molecular weight is 340 g/mol. The summed E-state index contributed by atoms with van der Waals surface area (Å²) >= 11 is 0. The van der Waals surface area contributed by atoms with Crippen LogP contribution in [0.2, 0.25) is 0 Å². The van der Waals surface area contributed by atoms with Crippen LogP contribution in [0.25, 0.3) is 11.1 Å². The lowest BCUT2D eigenvalue weighted by atomic mass is 9.97. The number of nitrogens with one attached hydrogen (secondary N) is 1. The Labute approximate surface area is 150 Å². The van der Waals surface area contributed by atoms with Crippen LogP contribution in [0, 0.1) is 5.92 Å². The first-order valence-electron chi connectivity index (χ1n) is 8.77. The van der Waals surface area contributed by atoms with Gasteiger partial charge in [0.1, 0.15) is 0 Å². The molecule has 0 unspecified atom stereocenters. The van der Waals surface area contributed by atoms with Gasteiger partial charge in [0.25, 0.3) is 5.91 Å². The Morgan fingerprint density at radius 3 is 2.48 bits per heavy atom. The third-order valence-electron chi connectivity index (χ3n) is 4.62. The van der Waals surface area contributed by atoms with Crippen molar-refractivity contribution in [2.45, 2.75) is 32.9 Å². The highest BCUT2D eigenvalue weighted by atomic mass is 16.5. The first kappa shape index (κ1) is 19.2. The fourth-order valence-electron chi connectivity index (χ4n) is 2.69. The molecule has 2 rings (SSSR count). The Bertz CT molecular complexity index is 683. The van der Waals surface area contributed by atoms with Gasteiger partial charge in [-0.25, -0.2) is 0 Å². The van der Waals surface area contributed by atoms with Crippen molar-refractivity contribution in [1.82, 2.24) is 5.32 Å². The maximum Gasteiger partial charge on any atom is 0.251 e. The quantitative estimate of drug-likeness (QED) is 0.772. The molecule has 0 radical (unpaired) electrons. The van der Waals surface area contributed by atoms with Crippen LogP contribution in [0.4, 0.5) is 0 Å². The SMILES string of the molecule is CC[C@H](C)[C@H](N)CNC(=O)c1ccccc1-c1ccc(COC)cc1. The molecule has 2 aromatic rings. The van der Waals surface area contributed by atoms with Gasteiger partial charge in [0.15, 0.2) is 0 Å². The topological polar surface area (TPSA) is 64.3 Å². The second-order valence-corrected chi connectivity index (χ2v) is 6.43. The third kappa shape index (κ3) is 5.15. The fourth-order valence-corrected chi connectivity index (χ4v) is 2.69. The Morgan fingerprint density at radius 1 is 1.16 bits per heavy atom. The Morgan fingerprint density at radius 2 is 1.84 bits per heavy atom. The molecule has 2 aromatic carbocycles. The van der Waals surface area contributed by atoms with Gasteiger partial charge in [0.05, 0.1) is 6.61 Å². The number of rotatable bonds is 8. The van der Waals surface area contributed by atoms with E-state index in [9.17, 15) is 4.79 Å². The molecule has 25 heavy (non-hydrogen) atoms. The molecule has 0 aliphatic heterocycles. The van der Waals surface area contributed by atoms with E-state index in [1.165, 1.54) is 0 Å². The highest BCUT2D eigenvalue weighted by Crippen LogP contribution is 2.24. The zero-order chi connectivity index (χ0) is 18.2. The van der Waals surface area contributed by atoms with Crippen molar-refractivity contribution in [3.8, 4) is 11.1 Å². The minimum Gasteiger partial charge on any atom is -0.380 e. The number of benzene rings is 2. The summed E-state index contributed by atoms with van der Waals surface area (Å²) in [4.78, 5) is 12.6.